The van der Waals surface area contributed by atoms with Crippen molar-refractivity contribution in [2.24, 2.45) is 0 Å². The second-order valence-corrected chi connectivity index (χ2v) is 8.26. The van der Waals surface area contributed by atoms with Gasteiger partial charge in [0.2, 0.25) is 23.6 Å². The summed E-state index contributed by atoms with van der Waals surface area (Å²) in [6.07, 6.45) is 2.10. The minimum absolute atomic E-state index is 0.0326. The molecule has 4 aromatic rings. The van der Waals surface area contributed by atoms with Gasteiger partial charge in [0, 0.05) is 22.2 Å². The number of benzene rings is 2. The summed E-state index contributed by atoms with van der Waals surface area (Å²) in [5, 5.41) is 8.89. The van der Waals surface area contributed by atoms with Crippen molar-refractivity contribution in [2.45, 2.75) is 38.8 Å². The fourth-order valence-electron chi connectivity index (χ4n) is 3.52. The van der Waals surface area contributed by atoms with E-state index >= 15 is 0 Å². The zero-order chi connectivity index (χ0) is 22.1. The Bertz CT molecular complexity index is 1230. The Kier molecular flexibility index (Phi) is 5.49. The number of carbonyl (C=O) groups is 1. The van der Waals surface area contributed by atoms with Gasteiger partial charge in [-0.05, 0) is 56.2 Å². The lowest BCUT2D eigenvalue weighted by molar-refractivity contribution is -0.132. The number of halogens is 1. The number of carbonyl (C=O) groups excluding carboxylic acids is 1. The van der Waals surface area contributed by atoms with E-state index < -0.39 is 0 Å². The number of aromatic nitrogens is 3. The fourth-order valence-corrected chi connectivity index (χ4v) is 3.65. The summed E-state index contributed by atoms with van der Waals surface area (Å²) in [5.41, 5.74) is 2.31. The number of rotatable bonds is 7. The first kappa shape index (κ1) is 20.5. The zero-order valence-corrected chi connectivity index (χ0v) is 18.2. The van der Waals surface area contributed by atoms with Gasteiger partial charge in [-0.15, -0.1) is 10.2 Å². The highest BCUT2D eigenvalue weighted by atomic mass is 35.5. The predicted octanol–water partition coefficient (Wildman–Crippen LogP) is 5.09. The van der Waals surface area contributed by atoms with E-state index in [1.165, 1.54) is 0 Å². The van der Waals surface area contributed by atoms with Crippen LogP contribution >= 0.6 is 11.6 Å². The predicted molar refractivity (Wildman–Crippen MR) is 119 cm³/mol. The molecular formula is C24H21ClN4O3. The summed E-state index contributed by atoms with van der Waals surface area (Å²) in [6.45, 7) is 2.10. The maximum absolute atomic E-state index is 13.2. The van der Waals surface area contributed by atoms with Crippen molar-refractivity contribution >= 4 is 17.5 Å². The highest BCUT2D eigenvalue weighted by Gasteiger charge is 2.34. The van der Waals surface area contributed by atoms with Gasteiger partial charge in [-0.25, -0.2) is 4.98 Å². The molecular weight excluding hydrogens is 428 g/mol. The molecule has 32 heavy (non-hydrogen) atoms. The topological polar surface area (TPSA) is 85.3 Å². The van der Waals surface area contributed by atoms with Crippen LogP contribution in [-0.2, 0) is 17.8 Å². The largest absolute Gasteiger partial charge is 0.441 e. The molecule has 1 saturated carbocycles. The van der Waals surface area contributed by atoms with Gasteiger partial charge in [0.05, 0.1) is 18.7 Å². The minimum Gasteiger partial charge on any atom is -0.441 e. The molecule has 7 nitrogen and oxygen atoms in total. The molecule has 5 rings (SSSR count). The van der Waals surface area contributed by atoms with Gasteiger partial charge in [-0.2, -0.15) is 0 Å². The fraction of sp³-hybridized carbons (Fsp3) is 0.250. The molecule has 0 unspecified atom stereocenters. The molecule has 0 spiro atoms. The van der Waals surface area contributed by atoms with Crippen molar-refractivity contribution in [2.75, 3.05) is 0 Å². The third kappa shape index (κ3) is 4.43. The summed E-state index contributed by atoms with van der Waals surface area (Å²) in [5.74, 6) is 1.94. The standard InChI is InChI=1S/C24H21ClN4O3/c1-15-20(26-23(31-15)16-5-3-2-4-6-16)13-22(30)29(19-11-12-19)14-21-27-28-24(32-21)17-7-9-18(25)10-8-17/h2-10,19H,11-14H2,1H3. The average molecular weight is 449 g/mol. The molecule has 2 heterocycles. The van der Waals surface area contributed by atoms with Gasteiger partial charge in [-0.1, -0.05) is 29.8 Å². The summed E-state index contributed by atoms with van der Waals surface area (Å²) < 4.78 is 11.6. The molecule has 0 atom stereocenters. The van der Waals surface area contributed by atoms with Crippen LogP contribution in [0, 0.1) is 6.92 Å². The van der Waals surface area contributed by atoms with Gasteiger partial charge in [0.25, 0.3) is 0 Å². The maximum atomic E-state index is 13.2. The normalized spacial score (nSPS) is 13.3. The second kappa shape index (κ2) is 8.59. The van der Waals surface area contributed by atoms with Crippen LogP contribution in [0.4, 0.5) is 0 Å². The third-order valence-corrected chi connectivity index (χ3v) is 5.66. The van der Waals surface area contributed by atoms with Crippen molar-refractivity contribution in [3.05, 3.63) is 77.0 Å². The van der Waals surface area contributed by atoms with Gasteiger partial charge in [-0.3, -0.25) is 4.79 Å². The van der Waals surface area contributed by atoms with Crippen molar-refractivity contribution in [1.82, 2.24) is 20.1 Å². The van der Waals surface area contributed by atoms with E-state index in [0.29, 0.717) is 34.1 Å². The van der Waals surface area contributed by atoms with E-state index in [-0.39, 0.29) is 24.9 Å². The summed E-state index contributed by atoms with van der Waals surface area (Å²) in [6, 6.07) is 17.0. The Balaban J connectivity index is 1.30. The SMILES string of the molecule is Cc1oc(-c2ccccc2)nc1CC(=O)N(Cc1nnc(-c2ccc(Cl)cc2)o1)C1CC1. The molecule has 1 aliphatic rings. The highest BCUT2D eigenvalue weighted by Crippen LogP contribution is 2.30. The lowest BCUT2D eigenvalue weighted by Crippen LogP contribution is -2.34. The molecule has 1 aliphatic carbocycles. The molecule has 1 amide bonds. The summed E-state index contributed by atoms with van der Waals surface area (Å²) in [7, 11) is 0. The number of aryl methyl sites for hydroxylation is 1. The summed E-state index contributed by atoms with van der Waals surface area (Å²) >= 11 is 5.94. The van der Waals surface area contributed by atoms with Gasteiger partial charge >= 0.3 is 0 Å². The Hall–Kier alpha value is -3.45. The van der Waals surface area contributed by atoms with E-state index in [1.807, 2.05) is 49.4 Å². The molecule has 8 heteroatoms. The number of hydrogen-bond donors (Lipinski definition) is 0. The van der Waals surface area contributed by atoms with Crippen LogP contribution < -0.4 is 0 Å². The quantitative estimate of drug-likeness (QED) is 0.391. The third-order valence-electron chi connectivity index (χ3n) is 5.40. The van der Waals surface area contributed by atoms with Crippen molar-refractivity contribution < 1.29 is 13.6 Å². The smallest absolute Gasteiger partial charge is 0.247 e. The van der Waals surface area contributed by atoms with Crippen molar-refractivity contribution in [3.63, 3.8) is 0 Å². The van der Waals surface area contributed by atoms with Crippen LogP contribution in [0.5, 0.6) is 0 Å². The van der Waals surface area contributed by atoms with Crippen LogP contribution in [-0.4, -0.2) is 32.0 Å². The van der Waals surface area contributed by atoms with Gasteiger partial charge in [0.1, 0.15) is 5.76 Å². The first-order valence-corrected chi connectivity index (χ1v) is 10.8. The lowest BCUT2D eigenvalue weighted by atomic mass is 10.2. The molecule has 2 aromatic carbocycles. The highest BCUT2D eigenvalue weighted by molar-refractivity contribution is 6.30. The molecule has 0 aliphatic heterocycles. The van der Waals surface area contributed by atoms with Gasteiger partial charge < -0.3 is 13.7 Å². The minimum atomic E-state index is -0.0326. The Labute approximate surface area is 190 Å². The molecule has 1 fully saturated rings. The van der Waals surface area contributed by atoms with Crippen molar-refractivity contribution in [3.8, 4) is 22.9 Å². The monoisotopic (exact) mass is 448 g/mol. The van der Waals surface area contributed by atoms with E-state index in [9.17, 15) is 4.79 Å². The van der Waals surface area contributed by atoms with Crippen LogP contribution in [0.15, 0.2) is 63.4 Å². The number of amides is 1. The molecule has 0 N–H and O–H groups in total. The van der Waals surface area contributed by atoms with Crippen LogP contribution in [0.1, 0.15) is 30.2 Å². The molecule has 0 bridgehead atoms. The molecule has 162 valence electrons. The first-order chi connectivity index (χ1) is 15.6. The summed E-state index contributed by atoms with van der Waals surface area (Å²) in [4.78, 5) is 19.5. The zero-order valence-electron chi connectivity index (χ0n) is 17.5. The number of oxazole rings is 1. The first-order valence-electron chi connectivity index (χ1n) is 10.5. The van der Waals surface area contributed by atoms with E-state index in [2.05, 4.69) is 15.2 Å². The van der Waals surface area contributed by atoms with E-state index in [1.54, 1.807) is 17.0 Å². The second-order valence-electron chi connectivity index (χ2n) is 7.83. The Morgan fingerprint density at radius 2 is 1.72 bits per heavy atom. The van der Waals surface area contributed by atoms with Crippen LogP contribution in [0.3, 0.4) is 0 Å². The van der Waals surface area contributed by atoms with Crippen molar-refractivity contribution in [1.29, 1.82) is 0 Å². The molecule has 0 radical (unpaired) electrons. The van der Waals surface area contributed by atoms with Crippen LogP contribution in [0.25, 0.3) is 22.9 Å². The Morgan fingerprint density at radius 1 is 1.00 bits per heavy atom. The Morgan fingerprint density at radius 3 is 2.44 bits per heavy atom. The van der Waals surface area contributed by atoms with E-state index in [4.69, 9.17) is 20.4 Å². The number of nitrogens with zero attached hydrogens (tertiary/aromatic N) is 4. The van der Waals surface area contributed by atoms with Crippen LogP contribution in [0.2, 0.25) is 5.02 Å². The molecule has 0 saturated heterocycles. The van der Waals surface area contributed by atoms with Gasteiger partial charge in [0.15, 0.2) is 0 Å². The lowest BCUT2D eigenvalue weighted by Gasteiger charge is -2.20. The maximum Gasteiger partial charge on any atom is 0.247 e. The average Bonchev–Trinajstić information content (AvgIpc) is 3.43. The number of hydrogen-bond acceptors (Lipinski definition) is 6. The van der Waals surface area contributed by atoms with E-state index in [0.717, 1.165) is 24.0 Å². The molecule has 2 aromatic heterocycles.